The third-order valence-electron chi connectivity index (χ3n) is 2.37. The van der Waals surface area contributed by atoms with Gasteiger partial charge in [-0.25, -0.2) is 8.42 Å². The van der Waals surface area contributed by atoms with Crippen molar-refractivity contribution in [2.75, 3.05) is 0 Å². The zero-order valence-corrected chi connectivity index (χ0v) is 12.0. The third-order valence-corrected chi connectivity index (χ3v) is 5.42. The molecule has 0 aliphatic rings. The fraction of sp³-hybridized carbons (Fsp3) is 0.0769. The summed E-state index contributed by atoms with van der Waals surface area (Å²) in [6.45, 7) is 0. The van der Waals surface area contributed by atoms with Gasteiger partial charge in [0, 0.05) is 3.57 Å². The van der Waals surface area contributed by atoms with E-state index in [1.165, 1.54) is 0 Å². The van der Waals surface area contributed by atoms with E-state index < -0.39 is 9.84 Å². The molecule has 0 saturated heterocycles. The first-order valence-corrected chi connectivity index (χ1v) is 7.84. The minimum atomic E-state index is -3.25. The topological polar surface area (TPSA) is 34.1 Å². The summed E-state index contributed by atoms with van der Waals surface area (Å²) in [5, 5.41) is 0. The Kier molecular flexibility index (Phi) is 3.83. The number of halogens is 1. The molecule has 4 heteroatoms. The van der Waals surface area contributed by atoms with Crippen molar-refractivity contribution in [1.29, 1.82) is 0 Å². The molecule has 17 heavy (non-hydrogen) atoms. The molecule has 0 saturated carbocycles. The van der Waals surface area contributed by atoms with Crippen LogP contribution in [0.4, 0.5) is 0 Å². The normalized spacial score (nSPS) is 11.4. The quantitative estimate of drug-likeness (QED) is 0.790. The maximum absolute atomic E-state index is 12.2. The Morgan fingerprint density at radius 3 is 2.12 bits per heavy atom. The van der Waals surface area contributed by atoms with E-state index in [2.05, 4.69) is 0 Å². The van der Waals surface area contributed by atoms with Gasteiger partial charge in [-0.05, 0) is 40.3 Å². The van der Waals surface area contributed by atoms with Gasteiger partial charge in [0.2, 0.25) is 0 Å². The largest absolute Gasteiger partial charge is 0.223 e. The Morgan fingerprint density at radius 2 is 1.47 bits per heavy atom. The summed E-state index contributed by atoms with van der Waals surface area (Å²) in [5.74, 6) is 0.0495. The van der Waals surface area contributed by atoms with E-state index in [0.717, 1.165) is 9.13 Å². The summed E-state index contributed by atoms with van der Waals surface area (Å²) in [6.07, 6.45) is 0. The molecule has 0 N–H and O–H groups in total. The van der Waals surface area contributed by atoms with Gasteiger partial charge in [0.15, 0.2) is 9.84 Å². The molecule has 0 atom stereocenters. The van der Waals surface area contributed by atoms with Gasteiger partial charge in [-0.1, -0.05) is 42.5 Å². The van der Waals surface area contributed by atoms with E-state index in [9.17, 15) is 8.42 Å². The average Bonchev–Trinajstić information content (AvgIpc) is 2.30. The van der Waals surface area contributed by atoms with E-state index >= 15 is 0 Å². The van der Waals surface area contributed by atoms with Gasteiger partial charge in [0.25, 0.3) is 0 Å². The first-order valence-electron chi connectivity index (χ1n) is 5.11. The first-order chi connectivity index (χ1) is 8.09. The van der Waals surface area contributed by atoms with Gasteiger partial charge in [-0.3, -0.25) is 0 Å². The molecule has 0 heterocycles. The fourth-order valence-corrected chi connectivity index (χ4v) is 4.40. The highest BCUT2D eigenvalue weighted by atomic mass is 127. The van der Waals surface area contributed by atoms with Gasteiger partial charge in [-0.15, -0.1) is 0 Å². The van der Waals surface area contributed by atoms with Gasteiger partial charge in [0.1, 0.15) is 0 Å². The molecule has 2 aromatic carbocycles. The fourth-order valence-electron chi connectivity index (χ4n) is 1.57. The Morgan fingerprint density at radius 1 is 0.882 bits per heavy atom. The van der Waals surface area contributed by atoms with E-state index in [-0.39, 0.29) is 5.75 Å². The van der Waals surface area contributed by atoms with Crippen LogP contribution in [0.3, 0.4) is 0 Å². The lowest BCUT2D eigenvalue weighted by molar-refractivity contribution is 0.595. The molecular formula is C13H11IO2S. The molecule has 0 aromatic heterocycles. The van der Waals surface area contributed by atoms with E-state index in [0.29, 0.717) is 4.90 Å². The van der Waals surface area contributed by atoms with Gasteiger partial charge in [-0.2, -0.15) is 0 Å². The lowest BCUT2D eigenvalue weighted by Crippen LogP contribution is -2.06. The van der Waals surface area contributed by atoms with Crippen molar-refractivity contribution in [1.82, 2.24) is 0 Å². The predicted molar refractivity (Wildman–Crippen MR) is 76.5 cm³/mol. The summed E-state index contributed by atoms with van der Waals surface area (Å²) < 4.78 is 25.2. The summed E-state index contributed by atoms with van der Waals surface area (Å²) in [5.41, 5.74) is 0.812. The highest BCUT2D eigenvalue weighted by molar-refractivity contribution is 14.1. The molecule has 88 valence electrons. The van der Waals surface area contributed by atoms with Crippen molar-refractivity contribution >= 4 is 32.4 Å². The summed E-state index contributed by atoms with van der Waals surface area (Å²) in [4.78, 5) is 0.407. The van der Waals surface area contributed by atoms with Gasteiger partial charge >= 0.3 is 0 Å². The second-order valence-electron chi connectivity index (χ2n) is 3.68. The molecule has 0 radical (unpaired) electrons. The average molecular weight is 358 g/mol. The van der Waals surface area contributed by atoms with Crippen LogP contribution in [0, 0.1) is 3.57 Å². The molecule has 0 spiro atoms. The number of hydrogen-bond donors (Lipinski definition) is 0. The minimum Gasteiger partial charge on any atom is -0.223 e. The van der Waals surface area contributed by atoms with Crippen molar-refractivity contribution in [2.24, 2.45) is 0 Å². The second kappa shape index (κ2) is 5.18. The Balaban J connectivity index is 2.36. The Labute approximate surface area is 115 Å². The molecule has 2 aromatic rings. The predicted octanol–water partition coefficient (Wildman–Crippen LogP) is 3.27. The maximum atomic E-state index is 12.2. The van der Waals surface area contributed by atoms with Crippen molar-refractivity contribution < 1.29 is 8.42 Å². The highest BCUT2D eigenvalue weighted by Crippen LogP contribution is 2.21. The molecule has 2 nitrogen and oxygen atoms in total. The monoisotopic (exact) mass is 358 g/mol. The van der Waals surface area contributed by atoms with Crippen LogP contribution in [0.2, 0.25) is 0 Å². The highest BCUT2D eigenvalue weighted by Gasteiger charge is 2.17. The van der Waals surface area contributed by atoms with Crippen LogP contribution in [0.25, 0.3) is 0 Å². The second-order valence-corrected chi connectivity index (χ2v) is 6.80. The standard InChI is InChI=1S/C13H11IO2S/c14-12-8-4-5-9-13(12)17(15,16)10-11-6-2-1-3-7-11/h1-9H,10H2. The maximum Gasteiger partial charge on any atom is 0.183 e. The van der Waals surface area contributed by atoms with Crippen LogP contribution in [0.15, 0.2) is 59.5 Å². The SMILES string of the molecule is O=S(=O)(Cc1ccccc1)c1ccccc1I. The molecule has 0 aliphatic carbocycles. The molecular weight excluding hydrogens is 347 g/mol. The lowest BCUT2D eigenvalue weighted by atomic mass is 10.2. The van der Waals surface area contributed by atoms with E-state index in [1.807, 2.05) is 59.0 Å². The molecule has 0 fully saturated rings. The van der Waals surface area contributed by atoms with Crippen LogP contribution in [-0.2, 0) is 15.6 Å². The molecule has 0 aliphatic heterocycles. The summed E-state index contributed by atoms with van der Waals surface area (Å²) in [6, 6.07) is 16.3. The lowest BCUT2D eigenvalue weighted by Gasteiger charge is -2.06. The number of hydrogen-bond acceptors (Lipinski definition) is 2. The van der Waals surface area contributed by atoms with Crippen molar-refractivity contribution in [3.05, 3.63) is 63.7 Å². The Bertz CT molecular complexity index is 606. The first kappa shape index (κ1) is 12.6. The summed E-state index contributed by atoms with van der Waals surface area (Å²) >= 11 is 2.05. The number of rotatable bonds is 3. The van der Waals surface area contributed by atoms with Crippen molar-refractivity contribution in [3.63, 3.8) is 0 Å². The van der Waals surface area contributed by atoms with Crippen LogP contribution in [-0.4, -0.2) is 8.42 Å². The van der Waals surface area contributed by atoms with Crippen molar-refractivity contribution in [2.45, 2.75) is 10.6 Å². The van der Waals surface area contributed by atoms with Crippen molar-refractivity contribution in [3.8, 4) is 0 Å². The summed E-state index contributed by atoms with van der Waals surface area (Å²) in [7, 11) is -3.25. The van der Waals surface area contributed by atoms with Crippen LogP contribution in [0.1, 0.15) is 5.56 Å². The van der Waals surface area contributed by atoms with E-state index in [1.54, 1.807) is 18.2 Å². The van der Waals surface area contributed by atoms with Gasteiger partial charge in [0.05, 0.1) is 10.6 Å². The smallest absolute Gasteiger partial charge is 0.183 e. The van der Waals surface area contributed by atoms with Crippen LogP contribution >= 0.6 is 22.6 Å². The van der Waals surface area contributed by atoms with Crippen LogP contribution in [0.5, 0.6) is 0 Å². The van der Waals surface area contributed by atoms with E-state index in [4.69, 9.17) is 0 Å². The zero-order chi connectivity index (χ0) is 12.3. The minimum absolute atomic E-state index is 0.0495. The molecule has 0 bridgehead atoms. The third kappa shape index (κ3) is 3.07. The molecule has 0 unspecified atom stereocenters. The van der Waals surface area contributed by atoms with Gasteiger partial charge < -0.3 is 0 Å². The number of benzene rings is 2. The Hall–Kier alpha value is -0.880. The molecule has 2 rings (SSSR count). The number of sulfone groups is 1. The zero-order valence-electron chi connectivity index (χ0n) is 9.01. The molecule has 0 amide bonds. The van der Waals surface area contributed by atoms with Crippen LogP contribution < -0.4 is 0 Å².